The van der Waals surface area contributed by atoms with Gasteiger partial charge in [0.1, 0.15) is 23.3 Å². The number of ether oxygens (including phenoxy) is 3. The number of methoxy groups -OCH3 is 2. The van der Waals surface area contributed by atoms with Crippen molar-refractivity contribution in [2.45, 2.75) is 76.0 Å². The number of carbonyl (C=O) groups is 2. The third kappa shape index (κ3) is 10.4. The fraction of sp³-hybridized carbons (Fsp3) is 0.429. The van der Waals surface area contributed by atoms with Crippen LogP contribution >= 0.6 is 0 Å². The topological polar surface area (TPSA) is 120 Å². The molecule has 0 radical (unpaired) electrons. The first kappa shape index (κ1) is 33.6. The molecule has 4 N–H and O–H groups in total. The average Bonchev–Trinajstić information content (AvgIpc) is 3.03. The Bertz CT molecular complexity index is 1180. The van der Waals surface area contributed by atoms with Gasteiger partial charge in [-0.05, 0) is 60.2 Å². The standard InChI is InChI=1S/C35H46N2O6/c1-41-30-22-18-28(19-23-30)35(27-14-10-9-11-15-27,29-20-24-31(42-2)25-21-29)43-33(37-26-34(39)40)17-13-8-6-4-3-5-7-12-16-32(36)38/h9-11,14-15,18-25,33,37H,3-8,12-13,16-17,26H2,1-2H3,(H2,36,38)(H,39,40). The predicted molar refractivity (Wildman–Crippen MR) is 168 cm³/mol. The number of amides is 1. The zero-order chi connectivity index (χ0) is 30.9. The van der Waals surface area contributed by atoms with E-state index >= 15 is 0 Å². The molecule has 0 aromatic heterocycles. The Balaban J connectivity index is 1.85. The lowest BCUT2D eigenvalue weighted by atomic mass is 9.79. The van der Waals surface area contributed by atoms with Crippen molar-refractivity contribution in [1.82, 2.24) is 5.32 Å². The minimum atomic E-state index is -1.04. The first-order valence-corrected chi connectivity index (χ1v) is 15.1. The normalized spacial score (nSPS) is 12.0. The maximum Gasteiger partial charge on any atom is 0.317 e. The van der Waals surface area contributed by atoms with Crippen molar-refractivity contribution in [2.24, 2.45) is 5.73 Å². The number of hydrogen-bond acceptors (Lipinski definition) is 6. The quantitative estimate of drug-likeness (QED) is 0.0746. The van der Waals surface area contributed by atoms with Crippen LogP contribution in [0.15, 0.2) is 78.9 Å². The number of hydrogen-bond donors (Lipinski definition) is 3. The summed E-state index contributed by atoms with van der Waals surface area (Å²) in [6.07, 6.45) is 8.78. The molecule has 0 aliphatic heterocycles. The summed E-state index contributed by atoms with van der Waals surface area (Å²) in [6, 6.07) is 25.6. The molecular formula is C35H46N2O6. The third-order valence-corrected chi connectivity index (χ3v) is 7.61. The summed E-state index contributed by atoms with van der Waals surface area (Å²) in [5, 5.41) is 12.7. The molecule has 3 aromatic rings. The molecule has 0 aliphatic rings. The summed E-state index contributed by atoms with van der Waals surface area (Å²) in [7, 11) is 3.27. The molecular weight excluding hydrogens is 544 g/mol. The van der Waals surface area contributed by atoms with Crippen LogP contribution in [0.25, 0.3) is 0 Å². The van der Waals surface area contributed by atoms with Gasteiger partial charge in [-0.2, -0.15) is 0 Å². The largest absolute Gasteiger partial charge is 0.497 e. The Morgan fingerprint density at radius 2 is 1.19 bits per heavy atom. The zero-order valence-electron chi connectivity index (χ0n) is 25.4. The van der Waals surface area contributed by atoms with Gasteiger partial charge < -0.3 is 25.1 Å². The van der Waals surface area contributed by atoms with Crippen molar-refractivity contribution < 1.29 is 28.9 Å². The lowest BCUT2D eigenvalue weighted by Gasteiger charge is -2.39. The van der Waals surface area contributed by atoms with E-state index in [-0.39, 0.29) is 12.5 Å². The van der Waals surface area contributed by atoms with E-state index in [1.165, 1.54) is 0 Å². The van der Waals surface area contributed by atoms with Crippen molar-refractivity contribution in [2.75, 3.05) is 20.8 Å². The molecule has 0 spiro atoms. The van der Waals surface area contributed by atoms with Crippen LogP contribution in [-0.4, -0.2) is 44.0 Å². The highest BCUT2D eigenvalue weighted by Crippen LogP contribution is 2.42. The second kappa shape index (κ2) is 17.9. The van der Waals surface area contributed by atoms with Crippen molar-refractivity contribution in [1.29, 1.82) is 0 Å². The molecule has 0 heterocycles. The highest BCUT2D eigenvalue weighted by Gasteiger charge is 2.40. The number of nitrogens with two attached hydrogens (primary N) is 1. The van der Waals surface area contributed by atoms with E-state index in [1.807, 2.05) is 78.9 Å². The minimum Gasteiger partial charge on any atom is -0.497 e. The molecule has 1 atom stereocenters. The Labute approximate surface area is 255 Å². The molecule has 1 amide bonds. The van der Waals surface area contributed by atoms with E-state index in [1.54, 1.807) is 14.2 Å². The number of unbranched alkanes of at least 4 members (excludes halogenated alkanes) is 7. The highest BCUT2D eigenvalue weighted by molar-refractivity contribution is 5.73. The summed E-state index contributed by atoms with van der Waals surface area (Å²) in [5.41, 5.74) is 6.88. The SMILES string of the molecule is COc1ccc(C(OC(CCCCCCCCCCC(N)=O)NCC(=O)O)(c2ccccc2)c2ccc(OC)cc2)cc1. The molecule has 0 saturated heterocycles. The number of carboxylic acids is 1. The van der Waals surface area contributed by atoms with Crippen molar-refractivity contribution in [3.63, 3.8) is 0 Å². The third-order valence-electron chi connectivity index (χ3n) is 7.61. The van der Waals surface area contributed by atoms with E-state index in [2.05, 4.69) is 5.32 Å². The first-order valence-electron chi connectivity index (χ1n) is 15.1. The van der Waals surface area contributed by atoms with Crippen LogP contribution in [0.2, 0.25) is 0 Å². The van der Waals surface area contributed by atoms with E-state index in [0.717, 1.165) is 79.6 Å². The molecule has 8 nitrogen and oxygen atoms in total. The maximum absolute atomic E-state index is 11.6. The minimum absolute atomic E-state index is 0.216. The molecule has 43 heavy (non-hydrogen) atoms. The molecule has 3 aromatic carbocycles. The number of carboxylic acid groups (broad SMARTS) is 1. The lowest BCUT2D eigenvalue weighted by molar-refractivity contribution is -0.138. The second-order valence-electron chi connectivity index (χ2n) is 10.7. The van der Waals surface area contributed by atoms with Crippen LogP contribution < -0.4 is 20.5 Å². The van der Waals surface area contributed by atoms with E-state index in [0.29, 0.717) is 12.8 Å². The molecule has 0 aliphatic carbocycles. The Kier molecular flexibility index (Phi) is 14.0. The number of nitrogens with one attached hydrogen (secondary N) is 1. The van der Waals surface area contributed by atoms with Gasteiger partial charge in [-0.3, -0.25) is 14.9 Å². The van der Waals surface area contributed by atoms with Gasteiger partial charge in [0.05, 0.1) is 20.8 Å². The molecule has 8 heteroatoms. The van der Waals surface area contributed by atoms with Crippen LogP contribution in [0.3, 0.4) is 0 Å². The maximum atomic E-state index is 11.6. The molecule has 0 saturated carbocycles. The monoisotopic (exact) mass is 590 g/mol. The number of aliphatic carboxylic acids is 1. The summed E-state index contributed by atoms with van der Waals surface area (Å²) >= 11 is 0. The molecule has 0 fully saturated rings. The van der Waals surface area contributed by atoms with E-state index < -0.39 is 17.8 Å². The molecule has 1 unspecified atom stereocenters. The second-order valence-corrected chi connectivity index (χ2v) is 10.7. The zero-order valence-corrected chi connectivity index (χ0v) is 25.4. The summed E-state index contributed by atoms with van der Waals surface area (Å²) in [6.45, 7) is -0.216. The number of primary amides is 1. The van der Waals surface area contributed by atoms with Gasteiger partial charge in [0.2, 0.25) is 5.91 Å². The van der Waals surface area contributed by atoms with Gasteiger partial charge in [0.25, 0.3) is 0 Å². The number of benzene rings is 3. The summed E-state index contributed by atoms with van der Waals surface area (Å²) < 4.78 is 18.0. The first-order chi connectivity index (χ1) is 20.9. The van der Waals surface area contributed by atoms with Gasteiger partial charge in [0.15, 0.2) is 0 Å². The van der Waals surface area contributed by atoms with Crippen LogP contribution in [0, 0.1) is 0 Å². The average molecular weight is 591 g/mol. The molecule has 3 rings (SSSR count). The van der Waals surface area contributed by atoms with E-state index in [9.17, 15) is 14.7 Å². The van der Waals surface area contributed by atoms with Crippen molar-refractivity contribution >= 4 is 11.9 Å². The van der Waals surface area contributed by atoms with E-state index in [4.69, 9.17) is 19.9 Å². The lowest BCUT2D eigenvalue weighted by Crippen LogP contribution is -2.44. The van der Waals surface area contributed by atoms with Gasteiger partial charge in [-0.15, -0.1) is 0 Å². The Morgan fingerprint density at radius 1 is 0.721 bits per heavy atom. The summed E-state index contributed by atoms with van der Waals surface area (Å²) in [4.78, 5) is 22.5. The molecule has 232 valence electrons. The van der Waals surface area contributed by atoms with Crippen molar-refractivity contribution in [3.05, 3.63) is 95.6 Å². The van der Waals surface area contributed by atoms with Crippen molar-refractivity contribution in [3.8, 4) is 11.5 Å². The van der Waals surface area contributed by atoms with Gasteiger partial charge in [-0.25, -0.2) is 0 Å². The Morgan fingerprint density at radius 3 is 1.65 bits per heavy atom. The smallest absolute Gasteiger partial charge is 0.317 e. The van der Waals surface area contributed by atoms with Gasteiger partial charge in [-0.1, -0.05) is 93.1 Å². The van der Waals surface area contributed by atoms with Crippen LogP contribution in [0.4, 0.5) is 0 Å². The molecule has 0 bridgehead atoms. The number of carbonyl (C=O) groups excluding carboxylic acids is 1. The highest BCUT2D eigenvalue weighted by atomic mass is 16.5. The fourth-order valence-corrected chi connectivity index (χ4v) is 5.34. The predicted octanol–water partition coefficient (Wildman–Crippen LogP) is 6.40. The van der Waals surface area contributed by atoms with Crippen LogP contribution in [0.1, 0.15) is 80.9 Å². The Hall–Kier alpha value is -3.88. The fourth-order valence-electron chi connectivity index (χ4n) is 5.34. The van der Waals surface area contributed by atoms with Gasteiger partial charge >= 0.3 is 5.97 Å². The van der Waals surface area contributed by atoms with Gasteiger partial charge in [0, 0.05) is 6.42 Å². The van der Waals surface area contributed by atoms with Crippen LogP contribution in [-0.2, 0) is 19.9 Å². The van der Waals surface area contributed by atoms with Crippen LogP contribution in [0.5, 0.6) is 11.5 Å². The summed E-state index contributed by atoms with van der Waals surface area (Å²) in [5.74, 6) is 0.287. The number of rotatable bonds is 21.